The highest BCUT2D eigenvalue weighted by atomic mass is 16.2. The number of hydrogen-bond donors (Lipinski definition) is 1. The highest BCUT2D eigenvalue weighted by Crippen LogP contribution is 2.21. The Kier molecular flexibility index (Phi) is 4.63. The second kappa shape index (κ2) is 6.25. The van der Waals surface area contributed by atoms with Crippen LogP contribution >= 0.6 is 0 Å². The Morgan fingerprint density at radius 2 is 1.95 bits per heavy atom. The molecule has 0 radical (unpaired) electrons. The van der Waals surface area contributed by atoms with E-state index < -0.39 is 0 Å². The van der Waals surface area contributed by atoms with Crippen LogP contribution in [0.25, 0.3) is 0 Å². The quantitative estimate of drug-likeness (QED) is 0.859. The summed E-state index contributed by atoms with van der Waals surface area (Å²) < 4.78 is 1.84. The molecule has 0 aromatic carbocycles. The molecular formula is C16H24N2O2. The van der Waals surface area contributed by atoms with Crippen LogP contribution in [0.3, 0.4) is 0 Å². The van der Waals surface area contributed by atoms with Gasteiger partial charge in [0, 0.05) is 30.4 Å². The molecule has 0 spiro atoms. The summed E-state index contributed by atoms with van der Waals surface area (Å²) in [5.74, 6) is 0.637. The van der Waals surface area contributed by atoms with E-state index in [1.54, 1.807) is 0 Å². The first kappa shape index (κ1) is 14.8. The van der Waals surface area contributed by atoms with E-state index in [0.29, 0.717) is 12.3 Å². The smallest absolute Gasteiger partial charge is 0.240 e. The van der Waals surface area contributed by atoms with E-state index in [1.165, 1.54) is 0 Å². The SMILES string of the molecule is CC(C)C(C)NC(=O)Cn1cc2c(c1)C(=O)CCCC2. The van der Waals surface area contributed by atoms with Gasteiger partial charge in [0.05, 0.1) is 0 Å². The van der Waals surface area contributed by atoms with E-state index in [2.05, 4.69) is 19.2 Å². The van der Waals surface area contributed by atoms with Gasteiger partial charge in [-0.1, -0.05) is 13.8 Å². The van der Waals surface area contributed by atoms with Crippen LogP contribution < -0.4 is 5.32 Å². The van der Waals surface area contributed by atoms with Crippen LogP contribution in [0, 0.1) is 5.92 Å². The summed E-state index contributed by atoms with van der Waals surface area (Å²) in [4.78, 5) is 23.9. The van der Waals surface area contributed by atoms with Crippen molar-refractivity contribution in [3.63, 3.8) is 0 Å². The molecule has 1 amide bonds. The van der Waals surface area contributed by atoms with Crippen LogP contribution in [-0.4, -0.2) is 22.3 Å². The minimum Gasteiger partial charge on any atom is -0.352 e. The maximum Gasteiger partial charge on any atom is 0.240 e. The summed E-state index contributed by atoms with van der Waals surface area (Å²) in [6.45, 7) is 6.47. The number of amides is 1. The van der Waals surface area contributed by atoms with Crippen molar-refractivity contribution < 1.29 is 9.59 Å². The van der Waals surface area contributed by atoms with E-state index >= 15 is 0 Å². The molecule has 4 nitrogen and oxygen atoms in total. The molecule has 110 valence electrons. The van der Waals surface area contributed by atoms with Crippen LogP contribution in [0.4, 0.5) is 0 Å². The van der Waals surface area contributed by atoms with Crippen molar-refractivity contribution in [1.82, 2.24) is 9.88 Å². The van der Waals surface area contributed by atoms with E-state index in [1.807, 2.05) is 23.9 Å². The molecule has 0 fully saturated rings. The molecule has 1 aromatic heterocycles. The monoisotopic (exact) mass is 276 g/mol. The number of nitrogens with zero attached hydrogens (tertiary/aromatic N) is 1. The van der Waals surface area contributed by atoms with E-state index in [0.717, 1.165) is 30.4 Å². The number of carbonyl (C=O) groups excluding carboxylic acids is 2. The number of carbonyl (C=O) groups is 2. The lowest BCUT2D eigenvalue weighted by Gasteiger charge is -2.17. The number of fused-ring (bicyclic) bond motifs is 1. The molecule has 1 N–H and O–H groups in total. The van der Waals surface area contributed by atoms with Gasteiger partial charge >= 0.3 is 0 Å². The Hall–Kier alpha value is -1.58. The summed E-state index contributed by atoms with van der Waals surface area (Å²) >= 11 is 0. The first-order chi connectivity index (χ1) is 9.47. The minimum atomic E-state index is 0.00353. The van der Waals surface area contributed by atoms with Gasteiger partial charge in [0.1, 0.15) is 6.54 Å². The molecule has 1 aliphatic carbocycles. The maximum absolute atomic E-state index is 12.0. The molecule has 0 saturated heterocycles. The molecule has 1 aromatic rings. The fraction of sp³-hybridized carbons (Fsp3) is 0.625. The average molecular weight is 276 g/mol. The van der Waals surface area contributed by atoms with Gasteiger partial charge in [-0.2, -0.15) is 0 Å². The lowest BCUT2D eigenvalue weighted by Crippen LogP contribution is -2.37. The Morgan fingerprint density at radius 1 is 1.25 bits per heavy atom. The zero-order valence-electron chi connectivity index (χ0n) is 12.6. The zero-order valence-corrected chi connectivity index (χ0v) is 12.6. The molecule has 0 aliphatic heterocycles. The average Bonchev–Trinajstić information content (AvgIpc) is 2.69. The first-order valence-corrected chi connectivity index (χ1v) is 7.48. The summed E-state index contributed by atoms with van der Waals surface area (Å²) in [5, 5.41) is 2.99. The third-order valence-electron chi connectivity index (χ3n) is 4.08. The Labute approximate surface area is 120 Å². The van der Waals surface area contributed by atoms with Crippen molar-refractivity contribution in [2.75, 3.05) is 0 Å². The molecular weight excluding hydrogens is 252 g/mol. The van der Waals surface area contributed by atoms with Gasteiger partial charge in [-0.15, -0.1) is 0 Å². The highest BCUT2D eigenvalue weighted by Gasteiger charge is 2.18. The van der Waals surface area contributed by atoms with Crippen molar-refractivity contribution >= 4 is 11.7 Å². The van der Waals surface area contributed by atoms with Gasteiger partial charge in [0.25, 0.3) is 0 Å². The van der Waals surface area contributed by atoms with Gasteiger partial charge in [-0.05, 0) is 37.7 Å². The lowest BCUT2D eigenvalue weighted by molar-refractivity contribution is -0.122. The second-order valence-electron chi connectivity index (χ2n) is 6.10. The summed E-state index contributed by atoms with van der Waals surface area (Å²) in [5.41, 5.74) is 1.91. The van der Waals surface area contributed by atoms with E-state index in [4.69, 9.17) is 0 Å². The number of rotatable bonds is 4. The Morgan fingerprint density at radius 3 is 2.65 bits per heavy atom. The predicted octanol–water partition coefficient (Wildman–Crippen LogP) is 2.56. The number of nitrogens with one attached hydrogen (secondary N) is 1. The van der Waals surface area contributed by atoms with Gasteiger partial charge in [-0.3, -0.25) is 9.59 Å². The van der Waals surface area contributed by atoms with Crippen LogP contribution in [0.5, 0.6) is 0 Å². The first-order valence-electron chi connectivity index (χ1n) is 7.48. The molecule has 4 heteroatoms. The largest absolute Gasteiger partial charge is 0.352 e. The van der Waals surface area contributed by atoms with Crippen molar-refractivity contribution in [3.05, 3.63) is 23.5 Å². The van der Waals surface area contributed by atoms with E-state index in [-0.39, 0.29) is 24.3 Å². The van der Waals surface area contributed by atoms with Gasteiger partial charge < -0.3 is 9.88 Å². The van der Waals surface area contributed by atoms with Crippen LogP contribution in [0.15, 0.2) is 12.4 Å². The maximum atomic E-state index is 12.0. The molecule has 1 heterocycles. The number of ketones is 1. The van der Waals surface area contributed by atoms with Crippen LogP contribution in [0.1, 0.15) is 56.0 Å². The molecule has 20 heavy (non-hydrogen) atoms. The summed E-state index contributed by atoms with van der Waals surface area (Å²) in [6.07, 6.45) is 7.39. The fourth-order valence-electron chi connectivity index (χ4n) is 2.47. The lowest BCUT2D eigenvalue weighted by atomic mass is 10.1. The molecule has 1 aliphatic rings. The minimum absolute atomic E-state index is 0.00353. The number of aryl methyl sites for hydroxylation is 1. The molecule has 2 rings (SSSR count). The predicted molar refractivity (Wildman–Crippen MR) is 78.8 cm³/mol. The number of aromatic nitrogens is 1. The molecule has 0 saturated carbocycles. The van der Waals surface area contributed by atoms with Crippen molar-refractivity contribution in [2.45, 2.75) is 59.0 Å². The fourth-order valence-corrected chi connectivity index (χ4v) is 2.47. The molecule has 1 atom stereocenters. The van der Waals surface area contributed by atoms with Crippen LogP contribution in [0.2, 0.25) is 0 Å². The van der Waals surface area contributed by atoms with Crippen molar-refractivity contribution in [3.8, 4) is 0 Å². The number of hydrogen-bond acceptors (Lipinski definition) is 2. The normalized spacial score (nSPS) is 16.7. The molecule has 0 bridgehead atoms. The van der Waals surface area contributed by atoms with Gasteiger partial charge in [0.2, 0.25) is 5.91 Å². The highest BCUT2D eigenvalue weighted by molar-refractivity contribution is 5.97. The third kappa shape index (κ3) is 3.50. The van der Waals surface area contributed by atoms with Gasteiger partial charge in [-0.25, -0.2) is 0 Å². The topological polar surface area (TPSA) is 51.1 Å². The Balaban J connectivity index is 2.02. The number of Topliss-reactive ketones (excluding diaryl/α,β-unsaturated/α-hetero) is 1. The second-order valence-corrected chi connectivity index (χ2v) is 6.10. The Bertz CT molecular complexity index is 503. The third-order valence-corrected chi connectivity index (χ3v) is 4.08. The van der Waals surface area contributed by atoms with Gasteiger partial charge in [0.15, 0.2) is 5.78 Å². The standard InChI is InChI=1S/C16H24N2O2/c1-11(2)12(3)17-16(20)10-18-8-13-6-4-5-7-15(19)14(13)9-18/h8-9,11-12H,4-7,10H2,1-3H3,(H,17,20). The van der Waals surface area contributed by atoms with Crippen molar-refractivity contribution in [2.24, 2.45) is 5.92 Å². The summed E-state index contributed by atoms with van der Waals surface area (Å²) in [6, 6.07) is 0.164. The zero-order chi connectivity index (χ0) is 14.7. The van der Waals surface area contributed by atoms with E-state index in [9.17, 15) is 9.59 Å². The van der Waals surface area contributed by atoms with Crippen LogP contribution in [-0.2, 0) is 17.8 Å². The molecule has 1 unspecified atom stereocenters. The summed E-state index contributed by atoms with van der Waals surface area (Å²) in [7, 11) is 0. The van der Waals surface area contributed by atoms with Crippen molar-refractivity contribution in [1.29, 1.82) is 0 Å².